The zero-order valence-corrected chi connectivity index (χ0v) is 24.2. The molecule has 0 unspecified atom stereocenters. The Morgan fingerprint density at radius 3 is 1.97 bits per heavy atom. The molecule has 1 atom stereocenters. The van der Waals surface area contributed by atoms with Gasteiger partial charge in [-0.2, -0.15) is 0 Å². The van der Waals surface area contributed by atoms with E-state index in [9.17, 15) is 14.4 Å². The Kier molecular flexibility index (Phi) is 9.74. The lowest BCUT2D eigenvalue weighted by Crippen LogP contribution is -2.20. The highest BCUT2D eigenvalue weighted by Gasteiger charge is 2.26. The Labute approximate surface area is 238 Å². The summed E-state index contributed by atoms with van der Waals surface area (Å²) >= 11 is 6.71. The first-order valence-electron chi connectivity index (χ1n) is 12.6. The molecule has 0 saturated carbocycles. The molecule has 0 radical (unpaired) electrons. The van der Waals surface area contributed by atoms with Gasteiger partial charge in [-0.05, 0) is 92.8 Å². The van der Waals surface area contributed by atoms with Crippen LogP contribution in [0.5, 0.6) is 11.5 Å². The highest BCUT2D eigenvalue weighted by molar-refractivity contribution is 9.10. The molecule has 0 spiro atoms. The maximum absolute atomic E-state index is 13.4. The fraction of sp³-hybridized carbons (Fsp3) is 0.300. The first kappa shape index (κ1) is 28.0. The Balaban J connectivity index is 1.73. The number of halogens is 2. The summed E-state index contributed by atoms with van der Waals surface area (Å²) < 4.78 is 18.8. The number of fused-ring (bicyclic) bond motifs is 1. The summed E-state index contributed by atoms with van der Waals surface area (Å²) in [4.78, 5) is 39.3. The van der Waals surface area contributed by atoms with Gasteiger partial charge in [-0.25, -0.2) is 14.4 Å². The fourth-order valence-corrected chi connectivity index (χ4v) is 4.82. The molecule has 0 amide bonds. The van der Waals surface area contributed by atoms with Crippen molar-refractivity contribution < 1.29 is 28.6 Å². The molecular weight excluding hydrogens is 616 g/mol. The quantitative estimate of drug-likeness (QED) is 0.211. The van der Waals surface area contributed by atoms with Gasteiger partial charge in [0.1, 0.15) is 17.1 Å². The van der Waals surface area contributed by atoms with Crippen molar-refractivity contribution in [3.8, 4) is 11.5 Å². The summed E-state index contributed by atoms with van der Waals surface area (Å²) in [5.74, 6) is -1.57. The van der Waals surface area contributed by atoms with E-state index < -0.39 is 17.9 Å². The number of esters is 3. The van der Waals surface area contributed by atoms with Crippen LogP contribution in [0.1, 0.15) is 82.1 Å². The summed E-state index contributed by atoms with van der Waals surface area (Å²) in [6, 6.07) is 16.6. The Morgan fingerprint density at radius 1 is 0.789 bits per heavy atom. The molecule has 3 aromatic rings. The van der Waals surface area contributed by atoms with Crippen LogP contribution in [0.3, 0.4) is 0 Å². The van der Waals surface area contributed by atoms with E-state index in [-0.39, 0.29) is 23.2 Å². The van der Waals surface area contributed by atoms with Gasteiger partial charge in [0.2, 0.25) is 0 Å². The van der Waals surface area contributed by atoms with Crippen LogP contribution in [0, 0.1) is 0 Å². The summed E-state index contributed by atoms with van der Waals surface area (Å²) in [5.41, 5.74) is 1.48. The van der Waals surface area contributed by atoms with Gasteiger partial charge >= 0.3 is 17.9 Å². The minimum Gasteiger partial charge on any atom is -0.459 e. The molecule has 1 aliphatic heterocycles. The van der Waals surface area contributed by atoms with E-state index in [1.54, 1.807) is 54.6 Å². The van der Waals surface area contributed by atoms with Crippen LogP contribution < -0.4 is 9.47 Å². The fourth-order valence-electron chi connectivity index (χ4n) is 4.29. The van der Waals surface area contributed by atoms with Crippen molar-refractivity contribution in [1.82, 2.24) is 0 Å². The predicted molar refractivity (Wildman–Crippen MR) is 151 cm³/mol. The van der Waals surface area contributed by atoms with Crippen LogP contribution in [0.2, 0.25) is 0 Å². The number of carbonyl (C=O) groups excluding carboxylic acids is 3. The molecule has 38 heavy (non-hydrogen) atoms. The van der Waals surface area contributed by atoms with Gasteiger partial charge in [-0.3, -0.25) is 0 Å². The number of benzene rings is 3. The lowest BCUT2D eigenvalue weighted by atomic mass is 9.98. The lowest BCUT2D eigenvalue weighted by Gasteiger charge is -2.19. The van der Waals surface area contributed by atoms with E-state index in [0.717, 1.165) is 47.5 Å². The third kappa shape index (κ3) is 7.54. The molecule has 0 N–H and O–H groups in total. The number of ether oxygens (including phenoxy) is 3. The number of cyclic esters (lactones) is 1. The van der Waals surface area contributed by atoms with Crippen LogP contribution in [0.25, 0.3) is 0 Å². The van der Waals surface area contributed by atoms with E-state index in [1.165, 1.54) is 6.07 Å². The van der Waals surface area contributed by atoms with Crippen molar-refractivity contribution in [1.29, 1.82) is 0 Å². The number of hydrogen-bond donors (Lipinski definition) is 0. The molecule has 1 heterocycles. The van der Waals surface area contributed by atoms with Gasteiger partial charge < -0.3 is 14.2 Å². The van der Waals surface area contributed by atoms with Crippen molar-refractivity contribution in [2.75, 3.05) is 0 Å². The van der Waals surface area contributed by atoms with Crippen molar-refractivity contribution in [3.05, 3.63) is 91.9 Å². The van der Waals surface area contributed by atoms with Gasteiger partial charge in [0.05, 0.1) is 17.2 Å². The molecule has 8 heteroatoms. The molecule has 0 aliphatic carbocycles. The van der Waals surface area contributed by atoms with E-state index in [1.807, 2.05) is 6.92 Å². The number of hydrogen-bond acceptors (Lipinski definition) is 6. The molecule has 6 nitrogen and oxygen atoms in total. The highest BCUT2D eigenvalue weighted by Crippen LogP contribution is 2.33. The summed E-state index contributed by atoms with van der Waals surface area (Å²) in [5, 5.41) is 0. The largest absolute Gasteiger partial charge is 0.459 e. The average Bonchev–Trinajstić information content (AvgIpc) is 2.88. The van der Waals surface area contributed by atoms with Crippen molar-refractivity contribution >= 4 is 49.8 Å². The Morgan fingerprint density at radius 2 is 1.34 bits per heavy atom. The van der Waals surface area contributed by atoms with Crippen LogP contribution in [0.4, 0.5) is 0 Å². The molecular formula is C30H28Br2O6. The van der Waals surface area contributed by atoms with Gasteiger partial charge in [0.15, 0.2) is 0 Å². The molecule has 1 aliphatic rings. The van der Waals surface area contributed by atoms with E-state index in [4.69, 9.17) is 14.2 Å². The topological polar surface area (TPSA) is 78.9 Å². The Hall–Kier alpha value is -2.97. The molecule has 0 aromatic heterocycles. The van der Waals surface area contributed by atoms with Crippen LogP contribution in [-0.2, 0) is 11.2 Å². The second-order valence-corrected chi connectivity index (χ2v) is 11.1. The maximum Gasteiger partial charge on any atom is 0.343 e. The normalized spacial score (nSPS) is 16.3. The summed E-state index contributed by atoms with van der Waals surface area (Å²) in [6.45, 7) is 1.87. The standard InChI is InChI=1S/C30H28Br2O6/c1-19-7-5-3-2-4-6-8-22-17-25(37-28(33)20-9-13-23(31)14-10-20)18-26(27(22)30(35)36-19)38-29(34)21-11-15-24(32)16-12-21/h9-19H,2-8H2,1H3/t19-/m1/s1. The van der Waals surface area contributed by atoms with Crippen molar-refractivity contribution in [3.63, 3.8) is 0 Å². The molecule has 4 rings (SSSR count). The Bertz CT molecular complexity index is 1300. The van der Waals surface area contributed by atoms with Crippen LogP contribution in [0.15, 0.2) is 69.6 Å². The van der Waals surface area contributed by atoms with E-state index in [2.05, 4.69) is 31.9 Å². The van der Waals surface area contributed by atoms with Crippen LogP contribution >= 0.6 is 31.9 Å². The van der Waals surface area contributed by atoms with E-state index >= 15 is 0 Å². The smallest absolute Gasteiger partial charge is 0.343 e. The highest BCUT2D eigenvalue weighted by atomic mass is 79.9. The predicted octanol–water partition coefficient (Wildman–Crippen LogP) is 8.09. The minimum atomic E-state index is -0.636. The van der Waals surface area contributed by atoms with Gasteiger partial charge in [-0.15, -0.1) is 0 Å². The first-order valence-corrected chi connectivity index (χ1v) is 14.2. The second-order valence-electron chi connectivity index (χ2n) is 9.27. The minimum absolute atomic E-state index is 0.00304. The third-order valence-corrected chi connectivity index (χ3v) is 7.36. The van der Waals surface area contributed by atoms with Crippen molar-refractivity contribution in [2.24, 2.45) is 0 Å². The number of rotatable bonds is 4. The monoisotopic (exact) mass is 642 g/mol. The number of aryl methyl sites for hydroxylation is 1. The van der Waals surface area contributed by atoms with Crippen LogP contribution in [-0.4, -0.2) is 24.0 Å². The lowest BCUT2D eigenvalue weighted by molar-refractivity contribution is 0.0313. The molecule has 3 aromatic carbocycles. The zero-order chi connectivity index (χ0) is 27.1. The van der Waals surface area contributed by atoms with Crippen molar-refractivity contribution in [2.45, 2.75) is 58.0 Å². The molecule has 0 bridgehead atoms. The average molecular weight is 644 g/mol. The van der Waals surface area contributed by atoms with Gasteiger partial charge in [0, 0.05) is 15.0 Å². The summed E-state index contributed by atoms with van der Waals surface area (Å²) in [6.07, 6.45) is 6.01. The molecule has 0 fully saturated rings. The van der Waals surface area contributed by atoms with Gasteiger partial charge in [0.25, 0.3) is 0 Å². The van der Waals surface area contributed by atoms with E-state index in [0.29, 0.717) is 23.1 Å². The second kappa shape index (κ2) is 13.2. The molecule has 0 saturated heterocycles. The number of carbonyl (C=O) groups is 3. The maximum atomic E-state index is 13.4. The molecule has 198 valence electrons. The van der Waals surface area contributed by atoms with Gasteiger partial charge in [-0.1, -0.05) is 51.1 Å². The third-order valence-electron chi connectivity index (χ3n) is 6.30. The zero-order valence-electron chi connectivity index (χ0n) is 21.0. The SMILES string of the molecule is C[C@@H]1CCCCCCCc2cc(OC(=O)c3ccc(Br)cc3)cc(OC(=O)c3ccc(Br)cc3)c2C(=O)O1. The first-order chi connectivity index (χ1) is 18.3. The summed E-state index contributed by atoms with van der Waals surface area (Å²) in [7, 11) is 0.